The molecule has 2 aromatic carbocycles. The molecule has 208 valence electrons. The van der Waals surface area contributed by atoms with Gasteiger partial charge in [0.05, 0.1) is 12.4 Å². The van der Waals surface area contributed by atoms with E-state index in [0.29, 0.717) is 29.5 Å². The quantitative estimate of drug-likeness (QED) is 0.238. The van der Waals surface area contributed by atoms with Crippen molar-refractivity contribution in [3.8, 4) is 23.3 Å². The molecule has 3 aromatic rings. The van der Waals surface area contributed by atoms with Gasteiger partial charge in [0.2, 0.25) is 17.7 Å². The monoisotopic (exact) mass is 557 g/mol. The third-order valence-electron chi connectivity index (χ3n) is 7.43. The van der Waals surface area contributed by atoms with Gasteiger partial charge in [-0.25, -0.2) is 13.8 Å². The molecule has 4 N–H and O–H groups in total. The molecule has 0 saturated heterocycles. The first-order valence-electron chi connectivity index (χ1n) is 12.9. The van der Waals surface area contributed by atoms with E-state index < -0.39 is 47.5 Å². The largest absolute Gasteiger partial charge is 0.451 e. The molecule has 2 amide bonds. The highest BCUT2D eigenvalue weighted by Crippen LogP contribution is 2.41. The van der Waals surface area contributed by atoms with Crippen molar-refractivity contribution in [1.82, 2.24) is 10.6 Å². The lowest BCUT2D eigenvalue weighted by Crippen LogP contribution is -2.62. The van der Waals surface area contributed by atoms with Crippen molar-refractivity contribution < 1.29 is 22.8 Å². The highest BCUT2D eigenvalue weighted by atomic mass is 19.3. The Balaban J connectivity index is 1.33. The van der Waals surface area contributed by atoms with Crippen molar-refractivity contribution in [2.24, 2.45) is 4.99 Å². The molecule has 41 heavy (non-hydrogen) atoms. The molecule has 2 aliphatic carbocycles. The van der Waals surface area contributed by atoms with Crippen LogP contribution in [0.25, 0.3) is 22.1 Å². The number of hydrogen-bond donors (Lipinski definition) is 4. The topological polar surface area (TPSA) is 167 Å². The van der Waals surface area contributed by atoms with Gasteiger partial charge in [0.25, 0.3) is 5.91 Å². The van der Waals surface area contributed by atoms with Gasteiger partial charge in [0.1, 0.15) is 22.7 Å². The summed E-state index contributed by atoms with van der Waals surface area (Å²) in [6.45, 7) is 0. The minimum atomic E-state index is -2.93. The first kappa shape index (κ1) is 27.5. The van der Waals surface area contributed by atoms with E-state index in [1.54, 1.807) is 30.3 Å². The number of benzene rings is 2. The maximum Gasteiger partial charge on any atom is 0.287 e. The summed E-state index contributed by atoms with van der Waals surface area (Å²) in [7, 11) is 0. The van der Waals surface area contributed by atoms with Crippen LogP contribution >= 0.6 is 0 Å². The molecule has 1 aromatic heterocycles. The lowest BCUT2D eigenvalue weighted by molar-refractivity contribution is -0.133. The fraction of sp³-hybridized carbons (Fsp3) is 0.310. The molecule has 0 unspecified atom stereocenters. The highest BCUT2D eigenvalue weighted by molar-refractivity contribution is 6.01. The molecule has 0 aliphatic heterocycles. The van der Waals surface area contributed by atoms with Crippen molar-refractivity contribution in [3.05, 3.63) is 54.3 Å². The number of furan rings is 1. The van der Waals surface area contributed by atoms with Crippen LogP contribution < -0.4 is 16.0 Å². The van der Waals surface area contributed by atoms with E-state index in [0.717, 1.165) is 11.1 Å². The maximum atomic E-state index is 14.0. The molecular weight excluding hydrogens is 532 g/mol. The Labute approximate surface area is 233 Å². The summed E-state index contributed by atoms with van der Waals surface area (Å²) in [4.78, 5) is 30.1. The average molecular weight is 558 g/mol. The number of anilines is 1. The van der Waals surface area contributed by atoms with Crippen LogP contribution in [0.1, 0.15) is 49.1 Å². The number of carbonyl (C=O) groups is 2. The van der Waals surface area contributed by atoms with Gasteiger partial charge in [-0.2, -0.15) is 10.5 Å². The van der Waals surface area contributed by atoms with Crippen molar-refractivity contribution in [2.45, 2.75) is 55.5 Å². The maximum absolute atomic E-state index is 14.0. The van der Waals surface area contributed by atoms with E-state index in [2.05, 4.69) is 27.0 Å². The zero-order valence-corrected chi connectivity index (χ0v) is 21.8. The molecular formula is C29H25F2N7O3. The van der Waals surface area contributed by atoms with Gasteiger partial charge in [0.15, 0.2) is 5.76 Å². The number of carbonyl (C=O) groups excluding carboxylic acids is 2. The number of hydrogen-bond acceptors (Lipinski definition) is 6. The second-order valence-corrected chi connectivity index (χ2v) is 10.3. The number of halogens is 2. The number of nitrogens with zero attached hydrogens (tertiary/aromatic N) is 3. The van der Waals surface area contributed by atoms with Crippen molar-refractivity contribution in [2.75, 3.05) is 5.32 Å². The Morgan fingerprint density at radius 2 is 1.63 bits per heavy atom. The predicted octanol–water partition coefficient (Wildman–Crippen LogP) is 4.89. The standard InChI is InChI=1S/C29H25F2N7O3/c30-29(31)11-9-28(10-12-29,26(40)38-27(16-33)7-8-27)37-25(39)23-14-20-2-1-19(13-22(20)41-23)18-3-5-21(6-4-18)35-17-36-24(34)15-32/h1-6,13-14,17H,7-12H2,(H,37,39)(H,38,40)(H2,34,35,36). The van der Waals surface area contributed by atoms with Gasteiger partial charge in [-0.15, -0.1) is 0 Å². The molecule has 5 rings (SSSR count). The van der Waals surface area contributed by atoms with Crippen LogP contribution in [-0.4, -0.2) is 41.0 Å². The summed E-state index contributed by atoms with van der Waals surface area (Å²) in [6, 6.07) is 17.9. The van der Waals surface area contributed by atoms with Crippen LogP contribution in [0, 0.1) is 28.1 Å². The average Bonchev–Trinajstić information content (AvgIpc) is 3.61. The number of nitriles is 2. The van der Waals surface area contributed by atoms with Crippen LogP contribution in [0.15, 0.2) is 57.9 Å². The van der Waals surface area contributed by atoms with Gasteiger partial charge in [0, 0.05) is 23.9 Å². The number of alkyl halides is 2. The molecule has 0 atom stereocenters. The molecule has 1 heterocycles. The Morgan fingerprint density at radius 1 is 0.951 bits per heavy atom. The first-order valence-corrected chi connectivity index (χ1v) is 12.9. The summed E-state index contributed by atoms with van der Waals surface area (Å²) in [6.07, 6.45) is 0.554. The molecule has 2 fully saturated rings. The predicted molar refractivity (Wildman–Crippen MR) is 146 cm³/mol. The lowest BCUT2D eigenvalue weighted by Gasteiger charge is -2.39. The zero-order valence-electron chi connectivity index (χ0n) is 21.8. The van der Waals surface area contributed by atoms with Crippen molar-refractivity contribution in [1.29, 1.82) is 15.9 Å². The smallest absolute Gasteiger partial charge is 0.287 e. The molecule has 12 heteroatoms. The van der Waals surface area contributed by atoms with Gasteiger partial charge < -0.3 is 20.4 Å². The Bertz CT molecular complexity index is 1630. The third kappa shape index (κ3) is 5.92. The Morgan fingerprint density at radius 3 is 2.27 bits per heavy atom. The Kier molecular flexibility index (Phi) is 7.01. The van der Waals surface area contributed by atoms with Crippen LogP contribution in [0.2, 0.25) is 0 Å². The normalized spacial score (nSPS) is 18.1. The number of aliphatic imine (C=N–C) groups is 1. The molecule has 0 bridgehead atoms. The van der Waals surface area contributed by atoms with Crippen LogP contribution in [0.5, 0.6) is 0 Å². The summed E-state index contributed by atoms with van der Waals surface area (Å²) in [5.41, 5.74) is 0.196. The van der Waals surface area contributed by atoms with E-state index in [4.69, 9.17) is 15.1 Å². The van der Waals surface area contributed by atoms with E-state index >= 15 is 0 Å². The van der Waals surface area contributed by atoms with Crippen LogP contribution in [0.4, 0.5) is 14.5 Å². The molecule has 0 radical (unpaired) electrons. The summed E-state index contributed by atoms with van der Waals surface area (Å²) in [5, 5.41) is 34.0. The van der Waals surface area contributed by atoms with Crippen LogP contribution in [0.3, 0.4) is 0 Å². The van der Waals surface area contributed by atoms with Crippen molar-refractivity contribution >= 4 is 40.6 Å². The van der Waals surface area contributed by atoms with E-state index in [1.165, 1.54) is 12.4 Å². The van der Waals surface area contributed by atoms with Gasteiger partial charge in [-0.05, 0) is 61.1 Å². The number of amides is 2. The molecule has 0 spiro atoms. The molecule has 2 aliphatic rings. The highest BCUT2D eigenvalue weighted by Gasteiger charge is 2.53. The van der Waals surface area contributed by atoms with Gasteiger partial charge in [-0.1, -0.05) is 24.3 Å². The second kappa shape index (κ2) is 10.5. The zero-order chi connectivity index (χ0) is 29.3. The molecule has 10 nitrogen and oxygen atoms in total. The van der Waals surface area contributed by atoms with Gasteiger partial charge >= 0.3 is 0 Å². The second-order valence-electron chi connectivity index (χ2n) is 10.3. The summed E-state index contributed by atoms with van der Waals surface area (Å²) in [5.74, 6) is -4.75. The van der Waals surface area contributed by atoms with Crippen LogP contribution in [-0.2, 0) is 4.79 Å². The van der Waals surface area contributed by atoms with E-state index in [1.807, 2.05) is 18.2 Å². The van der Waals surface area contributed by atoms with E-state index in [-0.39, 0.29) is 18.6 Å². The van der Waals surface area contributed by atoms with E-state index in [9.17, 15) is 23.6 Å². The fourth-order valence-electron chi connectivity index (χ4n) is 4.74. The fourth-order valence-corrected chi connectivity index (χ4v) is 4.74. The summed E-state index contributed by atoms with van der Waals surface area (Å²) >= 11 is 0. The van der Waals surface area contributed by atoms with Crippen molar-refractivity contribution in [3.63, 3.8) is 0 Å². The summed E-state index contributed by atoms with van der Waals surface area (Å²) < 4.78 is 33.8. The minimum absolute atomic E-state index is 0.0650. The minimum Gasteiger partial charge on any atom is -0.451 e. The van der Waals surface area contributed by atoms with Gasteiger partial charge in [-0.3, -0.25) is 15.0 Å². The number of rotatable bonds is 7. The third-order valence-corrected chi connectivity index (χ3v) is 7.43. The SMILES string of the molecule is N#CC(=N)/N=C\Nc1ccc(-c2ccc3cc(C(=O)NC4(C(=O)NC5(C#N)CC5)CCC(F)(F)CC4)oc3c2)cc1. The Hall–Kier alpha value is -5.10. The first-order chi connectivity index (χ1) is 19.6. The number of fused-ring (bicyclic) bond motifs is 1. The number of amidine groups is 1. The molecule has 2 saturated carbocycles. The lowest BCUT2D eigenvalue weighted by atomic mass is 9.78. The number of nitrogens with one attached hydrogen (secondary N) is 4.